The summed E-state index contributed by atoms with van der Waals surface area (Å²) in [7, 11) is 3.53. The van der Waals surface area contributed by atoms with Crippen molar-refractivity contribution in [3.63, 3.8) is 0 Å². The van der Waals surface area contributed by atoms with Crippen LogP contribution < -0.4 is 10.1 Å². The lowest BCUT2D eigenvalue weighted by Gasteiger charge is -2.10. The average Bonchev–Trinajstić information content (AvgIpc) is 2.54. The molecule has 4 heteroatoms. The van der Waals surface area contributed by atoms with Gasteiger partial charge in [0.1, 0.15) is 11.6 Å². The maximum Gasteiger partial charge on any atom is 0.162 e. The summed E-state index contributed by atoms with van der Waals surface area (Å²) in [5, 5.41) is 5.18. The van der Waals surface area contributed by atoms with E-state index in [1.807, 2.05) is 43.4 Å². The van der Waals surface area contributed by atoms with Crippen molar-refractivity contribution in [1.82, 2.24) is 9.97 Å². The summed E-state index contributed by atoms with van der Waals surface area (Å²) < 4.78 is 5.41. The van der Waals surface area contributed by atoms with Crippen LogP contribution in [0.1, 0.15) is 0 Å². The van der Waals surface area contributed by atoms with Crippen LogP contribution in [0.2, 0.25) is 0 Å². The quantitative estimate of drug-likeness (QED) is 0.789. The smallest absolute Gasteiger partial charge is 0.162 e. The van der Waals surface area contributed by atoms with Crippen LogP contribution in [0, 0.1) is 0 Å². The Balaban J connectivity index is 2.26. The number of ether oxygens (including phenoxy) is 1. The first-order valence-electron chi connectivity index (χ1n) is 6.40. The predicted molar refractivity (Wildman–Crippen MR) is 81.1 cm³/mol. The molecule has 0 unspecified atom stereocenters. The number of benzene rings is 2. The molecule has 1 N–H and O–H groups in total. The molecule has 0 saturated heterocycles. The number of aromatic nitrogens is 2. The molecule has 0 radical (unpaired) electrons. The lowest BCUT2D eigenvalue weighted by Crippen LogP contribution is -1.96. The first kappa shape index (κ1) is 12.4. The SMILES string of the molecule is CNc1ccnc(-c2ccc(OC)c3ccccc23)n1. The molecule has 0 fully saturated rings. The maximum absolute atomic E-state index is 5.41. The van der Waals surface area contributed by atoms with E-state index in [2.05, 4.69) is 21.4 Å². The van der Waals surface area contributed by atoms with E-state index in [4.69, 9.17) is 4.74 Å². The molecule has 3 rings (SSSR count). The minimum atomic E-state index is 0.704. The summed E-state index contributed by atoms with van der Waals surface area (Å²) >= 11 is 0. The highest BCUT2D eigenvalue weighted by atomic mass is 16.5. The van der Waals surface area contributed by atoms with Crippen molar-refractivity contribution >= 4 is 16.6 Å². The first-order valence-corrected chi connectivity index (χ1v) is 6.40. The highest BCUT2D eigenvalue weighted by Gasteiger charge is 2.10. The summed E-state index contributed by atoms with van der Waals surface area (Å²) in [6.45, 7) is 0. The van der Waals surface area contributed by atoms with E-state index in [1.165, 1.54) is 0 Å². The molecule has 0 bridgehead atoms. The van der Waals surface area contributed by atoms with E-state index in [0.29, 0.717) is 5.82 Å². The Hall–Kier alpha value is -2.62. The van der Waals surface area contributed by atoms with Crippen molar-refractivity contribution in [3.8, 4) is 17.1 Å². The van der Waals surface area contributed by atoms with Crippen LogP contribution in [0.15, 0.2) is 48.7 Å². The van der Waals surface area contributed by atoms with E-state index in [-0.39, 0.29) is 0 Å². The molecule has 0 amide bonds. The number of nitrogens with one attached hydrogen (secondary N) is 1. The number of fused-ring (bicyclic) bond motifs is 1. The van der Waals surface area contributed by atoms with Crippen molar-refractivity contribution in [1.29, 1.82) is 0 Å². The topological polar surface area (TPSA) is 47.0 Å². The molecule has 0 aliphatic rings. The van der Waals surface area contributed by atoms with Crippen LogP contribution in [-0.4, -0.2) is 24.1 Å². The number of anilines is 1. The molecule has 20 heavy (non-hydrogen) atoms. The van der Waals surface area contributed by atoms with Crippen molar-refractivity contribution in [3.05, 3.63) is 48.7 Å². The van der Waals surface area contributed by atoms with Gasteiger partial charge in [-0.25, -0.2) is 9.97 Å². The van der Waals surface area contributed by atoms with Gasteiger partial charge in [0.25, 0.3) is 0 Å². The molecule has 1 heterocycles. The van der Waals surface area contributed by atoms with Crippen LogP contribution >= 0.6 is 0 Å². The molecule has 0 aliphatic heterocycles. The van der Waals surface area contributed by atoms with Crippen molar-refractivity contribution < 1.29 is 4.74 Å². The molecule has 4 nitrogen and oxygen atoms in total. The summed E-state index contributed by atoms with van der Waals surface area (Å²) in [6.07, 6.45) is 1.76. The summed E-state index contributed by atoms with van der Waals surface area (Å²) in [6, 6.07) is 13.9. The molecular formula is C16H15N3O. The van der Waals surface area contributed by atoms with Crippen LogP contribution in [0.3, 0.4) is 0 Å². The second-order valence-corrected chi connectivity index (χ2v) is 4.38. The summed E-state index contributed by atoms with van der Waals surface area (Å²) in [4.78, 5) is 8.88. The molecule has 0 spiro atoms. The van der Waals surface area contributed by atoms with Gasteiger partial charge in [0.15, 0.2) is 5.82 Å². The standard InChI is InChI=1S/C16H15N3O/c1-17-15-9-10-18-16(19-15)13-7-8-14(20-2)12-6-4-3-5-11(12)13/h3-10H,1-2H3,(H,17,18,19). The third-order valence-corrected chi connectivity index (χ3v) is 3.26. The van der Waals surface area contributed by atoms with Crippen molar-refractivity contribution in [2.75, 3.05) is 19.5 Å². The Morgan fingerprint density at radius 2 is 1.80 bits per heavy atom. The van der Waals surface area contributed by atoms with E-state index in [0.717, 1.165) is 27.9 Å². The fourth-order valence-corrected chi connectivity index (χ4v) is 2.27. The first-order chi connectivity index (χ1) is 9.83. The zero-order valence-electron chi connectivity index (χ0n) is 11.4. The van der Waals surface area contributed by atoms with Gasteiger partial charge in [-0.2, -0.15) is 0 Å². The maximum atomic E-state index is 5.41. The van der Waals surface area contributed by atoms with Crippen molar-refractivity contribution in [2.24, 2.45) is 0 Å². The van der Waals surface area contributed by atoms with Gasteiger partial charge in [0.05, 0.1) is 7.11 Å². The molecule has 0 saturated carbocycles. The molecule has 0 aliphatic carbocycles. The fraction of sp³-hybridized carbons (Fsp3) is 0.125. The minimum Gasteiger partial charge on any atom is -0.496 e. The number of hydrogen-bond donors (Lipinski definition) is 1. The van der Waals surface area contributed by atoms with E-state index >= 15 is 0 Å². The molecule has 1 aromatic heterocycles. The third-order valence-electron chi connectivity index (χ3n) is 3.26. The Kier molecular flexibility index (Phi) is 3.21. The van der Waals surface area contributed by atoms with E-state index < -0.39 is 0 Å². The number of hydrogen-bond acceptors (Lipinski definition) is 4. The summed E-state index contributed by atoms with van der Waals surface area (Å²) in [5.41, 5.74) is 0.999. The second kappa shape index (κ2) is 5.17. The Labute approximate surface area is 117 Å². The number of nitrogens with zero attached hydrogens (tertiary/aromatic N) is 2. The normalized spacial score (nSPS) is 10.5. The second-order valence-electron chi connectivity index (χ2n) is 4.38. The molecule has 0 atom stereocenters. The Morgan fingerprint density at radius 3 is 2.55 bits per heavy atom. The number of methoxy groups -OCH3 is 1. The highest BCUT2D eigenvalue weighted by molar-refractivity contribution is 5.98. The van der Waals surface area contributed by atoms with Crippen LogP contribution in [-0.2, 0) is 0 Å². The number of rotatable bonds is 3. The van der Waals surface area contributed by atoms with Gasteiger partial charge in [-0.1, -0.05) is 24.3 Å². The van der Waals surface area contributed by atoms with Gasteiger partial charge in [-0.15, -0.1) is 0 Å². The van der Waals surface area contributed by atoms with Gasteiger partial charge in [0.2, 0.25) is 0 Å². The highest BCUT2D eigenvalue weighted by Crippen LogP contribution is 2.32. The molecule has 100 valence electrons. The van der Waals surface area contributed by atoms with Crippen LogP contribution in [0.5, 0.6) is 5.75 Å². The predicted octanol–water partition coefficient (Wildman–Crippen LogP) is 3.35. The fourth-order valence-electron chi connectivity index (χ4n) is 2.27. The molecular weight excluding hydrogens is 250 g/mol. The van der Waals surface area contributed by atoms with Gasteiger partial charge < -0.3 is 10.1 Å². The lowest BCUT2D eigenvalue weighted by molar-refractivity contribution is 0.420. The van der Waals surface area contributed by atoms with Crippen LogP contribution in [0.4, 0.5) is 5.82 Å². The van der Waals surface area contributed by atoms with Gasteiger partial charge in [-0.3, -0.25) is 0 Å². The average molecular weight is 265 g/mol. The monoisotopic (exact) mass is 265 g/mol. The third kappa shape index (κ3) is 2.05. The zero-order valence-corrected chi connectivity index (χ0v) is 11.4. The largest absolute Gasteiger partial charge is 0.496 e. The molecule has 3 aromatic rings. The zero-order chi connectivity index (χ0) is 13.9. The lowest BCUT2D eigenvalue weighted by atomic mass is 10.0. The van der Waals surface area contributed by atoms with Crippen molar-refractivity contribution in [2.45, 2.75) is 0 Å². The van der Waals surface area contributed by atoms with E-state index in [1.54, 1.807) is 13.3 Å². The Morgan fingerprint density at radius 1 is 1.00 bits per heavy atom. The Bertz CT molecular complexity index is 756. The van der Waals surface area contributed by atoms with E-state index in [9.17, 15) is 0 Å². The molecule has 2 aromatic carbocycles. The van der Waals surface area contributed by atoms with Crippen LogP contribution in [0.25, 0.3) is 22.2 Å². The minimum absolute atomic E-state index is 0.704. The van der Waals surface area contributed by atoms with Gasteiger partial charge in [-0.05, 0) is 23.6 Å². The van der Waals surface area contributed by atoms with Gasteiger partial charge >= 0.3 is 0 Å². The summed E-state index contributed by atoms with van der Waals surface area (Å²) in [5.74, 6) is 2.36. The van der Waals surface area contributed by atoms with Gasteiger partial charge in [0, 0.05) is 24.2 Å².